The number of aromatic amines is 1. The Bertz CT molecular complexity index is 468. The lowest BCUT2D eigenvalue weighted by atomic mass is 10.2. The smallest absolute Gasteiger partial charge is 0.274 e. The number of carbonyl (C=O) groups is 1. The lowest BCUT2D eigenvalue weighted by Gasteiger charge is -2.25. The van der Waals surface area contributed by atoms with Gasteiger partial charge in [-0.2, -0.15) is 16.9 Å². The van der Waals surface area contributed by atoms with Gasteiger partial charge < -0.3 is 4.90 Å². The fraction of sp³-hybridized carbons (Fsp3) is 0.667. The summed E-state index contributed by atoms with van der Waals surface area (Å²) in [6.45, 7) is 0.916. The zero-order valence-corrected chi connectivity index (χ0v) is 10.4. The number of thioether (sulfide) groups is 1. The summed E-state index contributed by atoms with van der Waals surface area (Å²) in [5, 5.41) is 7.87. The normalized spacial score (nSPS) is 31.2. The highest BCUT2D eigenvalue weighted by Gasteiger charge is 2.41. The van der Waals surface area contributed by atoms with Crippen LogP contribution in [0, 0.1) is 0 Å². The monoisotopic (exact) mass is 249 g/mol. The summed E-state index contributed by atoms with van der Waals surface area (Å²) in [5.41, 5.74) is 1.76. The van der Waals surface area contributed by atoms with E-state index in [1.165, 1.54) is 19.3 Å². The van der Waals surface area contributed by atoms with Gasteiger partial charge in [-0.25, -0.2) is 0 Å². The van der Waals surface area contributed by atoms with Gasteiger partial charge in [0.2, 0.25) is 0 Å². The number of amides is 1. The van der Waals surface area contributed by atoms with Gasteiger partial charge in [-0.15, -0.1) is 0 Å². The number of H-pyrrole nitrogens is 1. The van der Waals surface area contributed by atoms with Crippen molar-refractivity contribution in [3.05, 3.63) is 17.5 Å². The quantitative estimate of drug-likeness (QED) is 0.866. The fourth-order valence-corrected chi connectivity index (χ4v) is 4.28. The number of nitrogens with one attached hydrogen (secondary N) is 1. The van der Waals surface area contributed by atoms with Crippen molar-refractivity contribution in [2.24, 2.45) is 0 Å². The number of likely N-dealkylation sites (tertiary alicyclic amines) is 1. The second-order valence-electron chi connectivity index (χ2n) is 5.29. The molecule has 3 fully saturated rings. The standard InChI is InChI=1S/C12H15N3OS/c16-12(15-5-9-3-8(15)6-17-9)11-4-10(13-14-11)7-1-2-7/h4,7-9H,1-3,5-6H2,(H,13,14). The number of aromatic nitrogens is 2. The van der Waals surface area contributed by atoms with Crippen LogP contribution in [-0.4, -0.2) is 44.6 Å². The van der Waals surface area contributed by atoms with E-state index in [1.54, 1.807) is 0 Å². The number of carbonyl (C=O) groups excluding carboxylic acids is 1. The van der Waals surface area contributed by atoms with Crippen LogP contribution in [0.3, 0.4) is 0 Å². The van der Waals surface area contributed by atoms with E-state index in [-0.39, 0.29) is 5.91 Å². The molecule has 1 saturated carbocycles. The summed E-state index contributed by atoms with van der Waals surface area (Å²) in [5.74, 6) is 1.87. The van der Waals surface area contributed by atoms with E-state index >= 15 is 0 Å². The Morgan fingerprint density at radius 1 is 1.53 bits per heavy atom. The van der Waals surface area contributed by atoms with Crippen LogP contribution in [0.5, 0.6) is 0 Å². The van der Waals surface area contributed by atoms with Crippen LogP contribution in [0.15, 0.2) is 6.07 Å². The lowest BCUT2D eigenvalue weighted by molar-refractivity contribution is 0.0741. The lowest BCUT2D eigenvalue weighted by Crippen LogP contribution is -2.39. The number of hydrogen-bond acceptors (Lipinski definition) is 3. The van der Waals surface area contributed by atoms with Gasteiger partial charge in [-0.3, -0.25) is 9.89 Å². The van der Waals surface area contributed by atoms with Gasteiger partial charge in [0.1, 0.15) is 5.69 Å². The minimum atomic E-state index is 0.126. The van der Waals surface area contributed by atoms with E-state index in [9.17, 15) is 4.79 Å². The SMILES string of the molecule is O=C(c1cc(C2CC2)[nH]n1)N1CC2CC1CS2. The number of rotatable bonds is 2. The Balaban J connectivity index is 1.55. The molecule has 1 aliphatic carbocycles. The average molecular weight is 249 g/mol. The minimum Gasteiger partial charge on any atom is -0.332 e. The molecule has 4 nitrogen and oxygen atoms in total. The number of hydrogen-bond donors (Lipinski definition) is 1. The van der Waals surface area contributed by atoms with Crippen LogP contribution in [0.4, 0.5) is 0 Å². The molecule has 17 heavy (non-hydrogen) atoms. The number of nitrogens with zero attached hydrogens (tertiary/aromatic N) is 2. The van der Waals surface area contributed by atoms with E-state index in [1.807, 2.05) is 22.7 Å². The summed E-state index contributed by atoms with van der Waals surface area (Å²) in [6, 6.07) is 2.41. The molecule has 2 unspecified atom stereocenters. The summed E-state index contributed by atoms with van der Waals surface area (Å²) in [7, 11) is 0. The maximum absolute atomic E-state index is 12.3. The van der Waals surface area contributed by atoms with Crippen molar-refractivity contribution in [3.8, 4) is 0 Å². The first kappa shape index (κ1) is 10.00. The highest BCUT2D eigenvalue weighted by Crippen LogP contribution is 2.40. The van der Waals surface area contributed by atoms with Crippen molar-refractivity contribution in [3.63, 3.8) is 0 Å². The van der Waals surface area contributed by atoms with Crippen LogP contribution in [0.25, 0.3) is 0 Å². The third kappa shape index (κ3) is 1.59. The van der Waals surface area contributed by atoms with Crippen LogP contribution in [0.2, 0.25) is 0 Å². The molecular formula is C12H15N3OS. The second kappa shape index (κ2) is 3.51. The van der Waals surface area contributed by atoms with E-state index < -0.39 is 0 Å². The second-order valence-corrected chi connectivity index (χ2v) is 6.62. The van der Waals surface area contributed by atoms with Crippen molar-refractivity contribution in [2.75, 3.05) is 12.3 Å². The van der Waals surface area contributed by atoms with Crippen molar-refractivity contribution < 1.29 is 4.79 Å². The Kier molecular flexibility index (Phi) is 2.06. The van der Waals surface area contributed by atoms with Crippen molar-refractivity contribution in [2.45, 2.75) is 36.5 Å². The van der Waals surface area contributed by atoms with Gasteiger partial charge in [0.05, 0.1) is 0 Å². The predicted octanol–water partition coefficient (Wildman–Crippen LogP) is 1.62. The molecule has 1 aromatic rings. The van der Waals surface area contributed by atoms with Crippen LogP contribution in [-0.2, 0) is 0 Å². The van der Waals surface area contributed by atoms with Crippen molar-refractivity contribution in [1.29, 1.82) is 0 Å². The van der Waals surface area contributed by atoms with Crippen molar-refractivity contribution >= 4 is 17.7 Å². The van der Waals surface area contributed by atoms with Crippen LogP contribution >= 0.6 is 11.8 Å². The molecule has 5 heteroatoms. The third-order valence-electron chi connectivity index (χ3n) is 4.00. The molecule has 4 rings (SSSR count). The molecule has 0 spiro atoms. The summed E-state index contributed by atoms with van der Waals surface area (Å²) in [6.07, 6.45) is 3.65. The molecule has 2 aliphatic heterocycles. The molecule has 3 aliphatic rings. The zero-order valence-electron chi connectivity index (χ0n) is 9.56. The first-order valence-electron chi connectivity index (χ1n) is 6.29. The molecule has 1 N–H and O–H groups in total. The first-order valence-corrected chi connectivity index (χ1v) is 7.34. The highest BCUT2D eigenvalue weighted by molar-refractivity contribution is 8.00. The van der Waals surface area contributed by atoms with E-state index in [2.05, 4.69) is 10.2 Å². The topological polar surface area (TPSA) is 49.0 Å². The first-order chi connectivity index (χ1) is 8.31. The molecule has 1 amide bonds. The minimum absolute atomic E-state index is 0.126. The average Bonchev–Trinajstić information content (AvgIpc) is 2.84. The summed E-state index contributed by atoms with van der Waals surface area (Å²) < 4.78 is 0. The van der Waals surface area contributed by atoms with E-state index in [0.717, 1.165) is 18.0 Å². The van der Waals surface area contributed by atoms with Crippen molar-refractivity contribution in [1.82, 2.24) is 15.1 Å². The van der Waals surface area contributed by atoms with Crippen LogP contribution in [0.1, 0.15) is 41.4 Å². The van der Waals surface area contributed by atoms with E-state index in [4.69, 9.17) is 0 Å². The number of fused-ring (bicyclic) bond motifs is 2. The summed E-state index contributed by atoms with van der Waals surface area (Å²) >= 11 is 2.01. The Morgan fingerprint density at radius 3 is 3.06 bits per heavy atom. The van der Waals surface area contributed by atoms with Gasteiger partial charge in [0, 0.05) is 35.2 Å². The molecular weight excluding hydrogens is 234 g/mol. The maximum atomic E-state index is 12.3. The summed E-state index contributed by atoms with van der Waals surface area (Å²) in [4.78, 5) is 14.3. The molecule has 0 aromatic carbocycles. The molecule has 3 heterocycles. The maximum Gasteiger partial charge on any atom is 0.274 e. The molecule has 2 atom stereocenters. The molecule has 2 bridgehead atoms. The van der Waals surface area contributed by atoms with Gasteiger partial charge >= 0.3 is 0 Å². The van der Waals surface area contributed by atoms with Gasteiger partial charge in [-0.1, -0.05) is 0 Å². The Hall–Kier alpha value is -0.970. The molecule has 1 aromatic heterocycles. The zero-order chi connectivity index (χ0) is 11.4. The van der Waals surface area contributed by atoms with E-state index in [0.29, 0.717) is 22.9 Å². The molecule has 0 radical (unpaired) electrons. The third-order valence-corrected chi connectivity index (χ3v) is 5.39. The molecule has 90 valence electrons. The van der Waals surface area contributed by atoms with Gasteiger partial charge in [0.15, 0.2) is 0 Å². The molecule has 2 saturated heterocycles. The largest absolute Gasteiger partial charge is 0.332 e. The van der Waals surface area contributed by atoms with Gasteiger partial charge in [0.25, 0.3) is 5.91 Å². The fourth-order valence-electron chi connectivity index (χ4n) is 2.85. The predicted molar refractivity (Wildman–Crippen MR) is 66.3 cm³/mol. The Morgan fingerprint density at radius 2 is 2.41 bits per heavy atom. The Labute approximate surface area is 104 Å². The highest BCUT2D eigenvalue weighted by atomic mass is 32.2. The van der Waals surface area contributed by atoms with Gasteiger partial charge in [-0.05, 0) is 25.3 Å². The van der Waals surface area contributed by atoms with Crippen LogP contribution < -0.4 is 0 Å².